The van der Waals surface area contributed by atoms with E-state index in [0.717, 1.165) is 32.0 Å². The number of hydrogen-bond acceptors (Lipinski definition) is 2. The third kappa shape index (κ3) is 2.32. The molecule has 1 saturated heterocycles. The summed E-state index contributed by atoms with van der Waals surface area (Å²) in [5, 5.41) is 12.7. The Kier molecular flexibility index (Phi) is 3.39. The first-order valence-corrected chi connectivity index (χ1v) is 5.55. The maximum atomic E-state index is 13.5. The summed E-state index contributed by atoms with van der Waals surface area (Å²) >= 11 is 0. The van der Waals surface area contributed by atoms with Crippen LogP contribution >= 0.6 is 0 Å². The third-order valence-electron chi connectivity index (χ3n) is 3.12. The molecule has 0 bridgehead atoms. The van der Waals surface area contributed by atoms with Crippen molar-refractivity contribution in [1.29, 1.82) is 0 Å². The van der Waals surface area contributed by atoms with Crippen LogP contribution < -0.4 is 5.32 Å². The van der Waals surface area contributed by atoms with E-state index in [2.05, 4.69) is 5.32 Å². The van der Waals surface area contributed by atoms with Gasteiger partial charge < -0.3 is 10.4 Å². The van der Waals surface area contributed by atoms with Crippen molar-refractivity contribution in [3.63, 3.8) is 0 Å². The number of benzene rings is 1. The van der Waals surface area contributed by atoms with Crippen molar-refractivity contribution in [2.24, 2.45) is 5.92 Å². The normalized spacial score (nSPS) is 17.6. The molecule has 0 unspecified atom stereocenters. The molecular weight excluding hydrogens is 212 g/mol. The highest BCUT2D eigenvalue weighted by Gasteiger charge is 2.19. The topological polar surface area (TPSA) is 32.3 Å². The largest absolute Gasteiger partial charge is 0.508 e. The Morgan fingerprint density at radius 3 is 2.62 bits per heavy atom. The highest BCUT2D eigenvalue weighted by molar-refractivity contribution is 5.34. The van der Waals surface area contributed by atoms with Crippen LogP contribution in [0.4, 0.5) is 8.78 Å². The molecule has 1 aromatic rings. The van der Waals surface area contributed by atoms with Crippen LogP contribution in [0.1, 0.15) is 18.4 Å². The second kappa shape index (κ2) is 4.78. The highest BCUT2D eigenvalue weighted by atomic mass is 19.2. The van der Waals surface area contributed by atoms with Crippen LogP contribution in [0.15, 0.2) is 12.1 Å². The molecular formula is C12H15F2NO. The quantitative estimate of drug-likeness (QED) is 0.812. The van der Waals surface area contributed by atoms with Crippen molar-refractivity contribution < 1.29 is 13.9 Å². The van der Waals surface area contributed by atoms with Crippen LogP contribution in [0.2, 0.25) is 0 Å². The van der Waals surface area contributed by atoms with Crippen LogP contribution in [-0.2, 0) is 6.42 Å². The zero-order valence-electron chi connectivity index (χ0n) is 8.97. The van der Waals surface area contributed by atoms with E-state index in [9.17, 15) is 13.9 Å². The molecule has 1 fully saturated rings. The number of phenols is 1. The summed E-state index contributed by atoms with van der Waals surface area (Å²) in [6.07, 6.45) is 2.29. The zero-order valence-corrected chi connectivity index (χ0v) is 8.97. The van der Waals surface area contributed by atoms with E-state index in [1.54, 1.807) is 0 Å². The average Bonchev–Trinajstić information content (AvgIpc) is 2.31. The van der Waals surface area contributed by atoms with Crippen LogP contribution in [-0.4, -0.2) is 18.2 Å². The molecule has 2 N–H and O–H groups in total. The van der Waals surface area contributed by atoms with E-state index in [-0.39, 0.29) is 11.3 Å². The van der Waals surface area contributed by atoms with Gasteiger partial charge in [0, 0.05) is 5.56 Å². The number of halogens is 2. The molecule has 16 heavy (non-hydrogen) atoms. The van der Waals surface area contributed by atoms with Crippen molar-refractivity contribution in [3.05, 3.63) is 29.3 Å². The lowest BCUT2D eigenvalue weighted by atomic mass is 9.90. The number of rotatable bonds is 2. The van der Waals surface area contributed by atoms with E-state index in [4.69, 9.17) is 0 Å². The summed E-state index contributed by atoms with van der Waals surface area (Å²) < 4.78 is 26.5. The van der Waals surface area contributed by atoms with Gasteiger partial charge in [0.05, 0.1) is 0 Å². The molecule has 0 spiro atoms. The van der Waals surface area contributed by atoms with Crippen molar-refractivity contribution in [3.8, 4) is 5.75 Å². The van der Waals surface area contributed by atoms with Gasteiger partial charge in [-0.2, -0.15) is 0 Å². The molecule has 1 aliphatic heterocycles. The van der Waals surface area contributed by atoms with Crippen LogP contribution in [0.25, 0.3) is 0 Å². The van der Waals surface area contributed by atoms with E-state index in [1.807, 2.05) is 0 Å². The highest BCUT2D eigenvalue weighted by Crippen LogP contribution is 2.27. The zero-order chi connectivity index (χ0) is 11.5. The van der Waals surface area contributed by atoms with Gasteiger partial charge in [0.1, 0.15) is 5.75 Å². The molecule has 1 aliphatic rings. The fourth-order valence-corrected chi connectivity index (χ4v) is 2.15. The van der Waals surface area contributed by atoms with E-state index in [1.165, 1.54) is 6.07 Å². The second-order valence-electron chi connectivity index (χ2n) is 4.26. The smallest absolute Gasteiger partial charge is 0.165 e. The van der Waals surface area contributed by atoms with E-state index in [0.29, 0.717) is 12.3 Å². The average molecular weight is 227 g/mol. The monoisotopic (exact) mass is 227 g/mol. The Balaban J connectivity index is 2.16. The van der Waals surface area contributed by atoms with E-state index < -0.39 is 11.6 Å². The number of aromatic hydroxyl groups is 1. The Labute approximate surface area is 93.3 Å². The van der Waals surface area contributed by atoms with Gasteiger partial charge in [-0.3, -0.25) is 0 Å². The standard InChI is InChI=1S/C12H15F2NO/c13-10-1-2-11(16)9(12(10)14)7-8-3-5-15-6-4-8/h1-2,8,15-16H,3-7H2. The van der Waals surface area contributed by atoms with Gasteiger partial charge >= 0.3 is 0 Å². The number of piperidine rings is 1. The SMILES string of the molecule is Oc1ccc(F)c(F)c1CC1CCNCC1. The summed E-state index contributed by atoms with van der Waals surface area (Å²) in [5.74, 6) is -1.61. The first-order chi connectivity index (χ1) is 7.68. The van der Waals surface area contributed by atoms with Crippen molar-refractivity contribution in [1.82, 2.24) is 5.32 Å². The Hall–Kier alpha value is -1.16. The van der Waals surface area contributed by atoms with Crippen LogP contribution in [0, 0.1) is 17.6 Å². The van der Waals surface area contributed by atoms with Crippen LogP contribution in [0.5, 0.6) is 5.75 Å². The summed E-state index contributed by atoms with van der Waals surface area (Å²) in [4.78, 5) is 0. The minimum atomic E-state index is -0.904. The molecule has 4 heteroatoms. The number of nitrogens with one attached hydrogen (secondary N) is 1. The molecule has 0 aliphatic carbocycles. The van der Waals surface area contributed by atoms with Gasteiger partial charge in [0.2, 0.25) is 0 Å². The van der Waals surface area contributed by atoms with Gasteiger partial charge in [-0.05, 0) is 50.4 Å². The molecule has 2 rings (SSSR count). The summed E-state index contributed by atoms with van der Waals surface area (Å²) in [6, 6.07) is 2.17. The lowest BCUT2D eigenvalue weighted by Gasteiger charge is -2.23. The van der Waals surface area contributed by atoms with Crippen molar-refractivity contribution in [2.45, 2.75) is 19.3 Å². The molecule has 0 radical (unpaired) electrons. The van der Waals surface area contributed by atoms with Crippen molar-refractivity contribution >= 4 is 0 Å². The molecule has 1 aromatic carbocycles. The number of hydrogen-bond donors (Lipinski definition) is 2. The Morgan fingerprint density at radius 2 is 1.94 bits per heavy atom. The number of phenolic OH excluding ortho intramolecular Hbond substituents is 1. The maximum absolute atomic E-state index is 13.5. The fourth-order valence-electron chi connectivity index (χ4n) is 2.15. The predicted octanol–water partition coefficient (Wildman–Crippen LogP) is 2.21. The Morgan fingerprint density at radius 1 is 1.25 bits per heavy atom. The van der Waals surface area contributed by atoms with Gasteiger partial charge in [-0.15, -0.1) is 0 Å². The predicted molar refractivity (Wildman–Crippen MR) is 57.3 cm³/mol. The molecule has 0 amide bonds. The van der Waals surface area contributed by atoms with Gasteiger partial charge in [-0.25, -0.2) is 8.78 Å². The van der Waals surface area contributed by atoms with Crippen molar-refractivity contribution in [2.75, 3.05) is 13.1 Å². The molecule has 1 heterocycles. The molecule has 0 aromatic heterocycles. The third-order valence-corrected chi connectivity index (χ3v) is 3.12. The van der Waals surface area contributed by atoms with E-state index >= 15 is 0 Å². The maximum Gasteiger partial charge on any atom is 0.165 e. The molecule has 0 saturated carbocycles. The minimum absolute atomic E-state index is 0.118. The summed E-state index contributed by atoms with van der Waals surface area (Å²) in [5.41, 5.74) is 0.118. The molecule has 2 nitrogen and oxygen atoms in total. The lowest BCUT2D eigenvalue weighted by Crippen LogP contribution is -2.28. The van der Waals surface area contributed by atoms with Gasteiger partial charge in [-0.1, -0.05) is 0 Å². The summed E-state index contributed by atoms with van der Waals surface area (Å²) in [7, 11) is 0. The summed E-state index contributed by atoms with van der Waals surface area (Å²) in [6.45, 7) is 1.81. The van der Waals surface area contributed by atoms with Gasteiger partial charge in [0.25, 0.3) is 0 Å². The molecule has 0 atom stereocenters. The first kappa shape index (κ1) is 11.3. The van der Waals surface area contributed by atoms with Gasteiger partial charge in [0.15, 0.2) is 11.6 Å². The lowest BCUT2D eigenvalue weighted by molar-refractivity contribution is 0.357. The van der Waals surface area contributed by atoms with Crippen LogP contribution in [0.3, 0.4) is 0 Å². The fraction of sp³-hybridized carbons (Fsp3) is 0.500. The molecule has 88 valence electrons. The Bertz CT molecular complexity index is 376. The first-order valence-electron chi connectivity index (χ1n) is 5.55. The second-order valence-corrected chi connectivity index (χ2v) is 4.26. The minimum Gasteiger partial charge on any atom is -0.508 e.